The lowest BCUT2D eigenvalue weighted by Crippen LogP contribution is -2.29. The molecule has 0 amide bonds. The molecule has 3 heteroatoms. The predicted octanol–water partition coefficient (Wildman–Crippen LogP) is 0.0896. The molecular formula is C9H15O3-. The molecule has 0 aliphatic carbocycles. The van der Waals surface area contributed by atoms with Gasteiger partial charge in [0.2, 0.25) is 0 Å². The molecule has 0 saturated carbocycles. The monoisotopic (exact) mass is 171 g/mol. The van der Waals surface area contributed by atoms with Crippen molar-refractivity contribution in [3.05, 3.63) is 12.2 Å². The van der Waals surface area contributed by atoms with Crippen LogP contribution < -0.4 is 5.11 Å². The summed E-state index contributed by atoms with van der Waals surface area (Å²) in [5.74, 6) is -1.56. The third-order valence-electron chi connectivity index (χ3n) is 1.42. The first-order valence-corrected chi connectivity index (χ1v) is 3.94. The van der Waals surface area contributed by atoms with Gasteiger partial charge >= 0.3 is 0 Å². The smallest absolute Gasteiger partial charge is 0.0771 e. The second-order valence-electron chi connectivity index (χ2n) is 3.51. The van der Waals surface area contributed by atoms with Crippen LogP contribution in [0.25, 0.3) is 0 Å². The summed E-state index contributed by atoms with van der Waals surface area (Å²) in [6.07, 6.45) is 3.62. The fraction of sp³-hybridized carbons (Fsp3) is 0.667. The number of carbonyl (C=O) groups excluding carboxylic acids is 1. The highest BCUT2D eigenvalue weighted by Gasteiger charge is 2.06. The van der Waals surface area contributed by atoms with Gasteiger partial charge in [0.05, 0.1) is 5.60 Å². The Morgan fingerprint density at radius 2 is 2.17 bits per heavy atom. The number of carbonyl (C=O) groups is 1. The molecule has 0 aromatic carbocycles. The number of aliphatic hydroxyl groups is 1. The summed E-state index contributed by atoms with van der Waals surface area (Å²) < 4.78 is 0. The van der Waals surface area contributed by atoms with E-state index in [1.165, 1.54) is 0 Å². The first-order valence-electron chi connectivity index (χ1n) is 3.94. The van der Waals surface area contributed by atoms with Crippen molar-refractivity contribution < 1.29 is 15.0 Å². The van der Waals surface area contributed by atoms with Gasteiger partial charge in [0.15, 0.2) is 0 Å². The largest absolute Gasteiger partial charge is 0.550 e. The standard InChI is InChI=1S/C9H16O3/c1-7(8(10)11)5-4-6-9(2,3)12/h4,6-7,12H,5H2,1-3H3,(H,10,11)/p-1/b6-4+. The number of hydrogen-bond donors (Lipinski definition) is 1. The van der Waals surface area contributed by atoms with Crippen LogP contribution in [0.15, 0.2) is 12.2 Å². The van der Waals surface area contributed by atoms with Crippen molar-refractivity contribution >= 4 is 5.97 Å². The van der Waals surface area contributed by atoms with Gasteiger partial charge in [-0.05, 0) is 26.2 Å². The topological polar surface area (TPSA) is 60.4 Å². The van der Waals surface area contributed by atoms with E-state index in [-0.39, 0.29) is 0 Å². The van der Waals surface area contributed by atoms with Crippen LogP contribution in [0.2, 0.25) is 0 Å². The number of rotatable bonds is 4. The van der Waals surface area contributed by atoms with Crippen LogP contribution in [0, 0.1) is 5.92 Å². The van der Waals surface area contributed by atoms with Gasteiger partial charge in [-0.2, -0.15) is 0 Å². The fourth-order valence-electron chi connectivity index (χ4n) is 0.657. The van der Waals surface area contributed by atoms with Crippen molar-refractivity contribution in [2.24, 2.45) is 5.92 Å². The zero-order valence-electron chi connectivity index (χ0n) is 7.70. The van der Waals surface area contributed by atoms with E-state index >= 15 is 0 Å². The molecule has 1 N–H and O–H groups in total. The van der Waals surface area contributed by atoms with E-state index in [0.717, 1.165) is 0 Å². The van der Waals surface area contributed by atoms with Crippen molar-refractivity contribution in [1.29, 1.82) is 0 Å². The van der Waals surface area contributed by atoms with E-state index in [4.69, 9.17) is 0 Å². The molecule has 0 radical (unpaired) electrons. The Hall–Kier alpha value is -0.830. The van der Waals surface area contributed by atoms with E-state index in [0.29, 0.717) is 6.42 Å². The molecule has 1 atom stereocenters. The summed E-state index contributed by atoms with van der Waals surface area (Å²) in [7, 11) is 0. The average Bonchev–Trinajstić information content (AvgIpc) is 1.84. The molecule has 0 aliphatic rings. The Balaban J connectivity index is 3.83. The van der Waals surface area contributed by atoms with Gasteiger partial charge in [-0.25, -0.2) is 0 Å². The molecule has 0 saturated heterocycles. The number of allylic oxidation sites excluding steroid dienone is 1. The molecule has 3 nitrogen and oxygen atoms in total. The van der Waals surface area contributed by atoms with Crippen molar-refractivity contribution in [3.63, 3.8) is 0 Å². The summed E-state index contributed by atoms with van der Waals surface area (Å²) in [4.78, 5) is 10.2. The van der Waals surface area contributed by atoms with Crippen LogP contribution in [-0.2, 0) is 4.79 Å². The Morgan fingerprint density at radius 1 is 1.67 bits per heavy atom. The fourth-order valence-corrected chi connectivity index (χ4v) is 0.657. The number of carboxylic acid groups (broad SMARTS) is 1. The van der Waals surface area contributed by atoms with E-state index in [2.05, 4.69) is 0 Å². The molecule has 0 heterocycles. The van der Waals surface area contributed by atoms with Crippen LogP contribution >= 0.6 is 0 Å². The van der Waals surface area contributed by atoms with Crippen LogP contribution in [0.5, 0.6) is 0 Å². The first-order chi connectivity index (χ1) is 5.33. The molecule has 70 valence electrons. The molecule has 0 spiro atoms. The van der Waals surface area contributed by atoms with Gasteiger partial charge in [-0.1, -0.05) is 19.1 Å². The zero-order chi connectivity index (χ0) is 9.78. The summed E-state index contributed by atoms with van der Waals surface area (Å²) >= 11 is 0. The maximum Gasteiger partial charge on any atom is 0.0771 e. The normalized spacial score (nSPS) is 15.0. The lowest BCUT2D eigenvalue weighted by atomic mass is 10.0. The van der Waals surface area contributed by atoms with Crippen LogP contribution in [0.4, 0.5) is 0 Å². The van der Waals surface area contributed by atoms with Gasteiger partial charge in [0, 0.05) is 5.97 Å². The maximum atomic E-state index is 10.2. The molecule has 0 bridgehead atoms. The molecule has 0 aromatic heterocycles. The van der Waals surface area contributed by atoms with E-state index in [1.54, 1.807) is 32.9 Å². The summed E-state index contributed by atoms with van der Waals surface area (Å²) in [6.45, 7) is 4.84. The summed E-state index contributed by atoms with van der Waals surface area (Å²) in [6, 6.07) is 0. The molecule has 1 unspecified atom stereocenters. The third kappa shape index (κ3) is 5.92. The Bertz CT molecular complexity index is 177. The molecular weight excluding hydrogens is 156 g/mol. The number of aliphatic carboxylic acids is 1. The highest BCUT2D eigenvalue weighted by atomic mass is 16.4. The van der Waals surface area contributed by atoms with Gasteiger partial charge in [0.25, 0.3) is 0 Å². The van der Waals surface area contributed by atoms with Gasteiger partial charge < -0.3 is 15.0 Å². The predicted molar refractivity (Wildman–Crippen MR) is 44.2 cm³/mol. The lowest BCUT2D eigenvalue weighted by molar-refractivity contribution is -0.310. The quantitative estimate of drug-likeness (QED) is 0.610. The SMILES string of the molecule is CC(C/C=C/C(C)(C)O)C(=O)[O-]. The number of carboxylic acids is 1. The van der Waals surface area contributed by atoms with Crippen LogP contribution in [0.3, 0.4) is 0 Å². The first kappa shape index (κ1) is 11.2. The Morgan fingerprint density at radius 3 is 2.50 bits per heavy atom. The van der Waals surface area contributed by atoms with Crippen molar-refractivity contribution in [2.75, 3.05) is 0 Å². The summed E-state index contributed by atoms with van der Waals surface area (Å²) in [5, 5.41) is 19.5. The maximum absolute atomic E-state index is 10.2. The van der Waals surface area contributed by atoms with E-state index in [9.17, 15) is 15.0 Å². The highest BCUT2D eigenvalue weighted by Crippen LogP contribution is 2.06. The van der Waals surface area contributed by atoms with Crippen LogP contribution in [0.1, 0.15) is 27.2 Å². The Labute approximate surface area is 72.7 Å². The number of hydrogen-bond acceptors (Lipinski definition) is 3. The van der Waals surface area contributed by atoms with E-state index in [1.807, 2.05) is 0 Å². The zero-order valence-corrected chi connectivity index (χ0v) is 7.70. The summed E-state index contributed by atoms with van der Waals surface area (Å²) in [5.41, 5.74) is -0.869. The lowest BCUT2D eigenvalue weighted by Gasteiger charge is -2.12. The molecule has 0 aromatic rings. The minimum atomic E-state index is -1.06. The minimum absolute atomic E-state index is 0.395. The molecule has 0 fully saturated rings. The second kappa shape index (κ2) is 4.26. The van der Waals surface area contributed by atoms with E-state index < -0.39 is 17.5 Å². The van der Waals surface area contributed by atoms with Crippen LogP contribution in [-0.4, -0.2) is 16.7 Å². The van der Waals surface area contributed by atoms with Gasteiger partial charge in [0.1, 0.15) is 0 Å². The molecule has 12 heavy (non-hydrogen) atoms. The van der Waals surface area contributed by atoms with Crippen molar-refractivity contribution in [3.8, 4) is 0 Å². The highest BCUT2D eigenvalue weighted by molar-refractivity contribution is 5.67. The van der Waals surface area contributed by atoms with Gasteiger partial charge in [-0.3, -0.25) is 0 Å². The third-order valence-corrected chi connectivity index (χ3v) is 1.42. The van der Waals surface area contributed by atoms with Gasteiger partial charge in [-0.15, -0.1) is 0 Å². The molecule has 0 aliphatic heterocycles. The Kier molecular flexibility index (Phi) is 3.96. The molecule has 0 rings (SSSR count). The second-order valence-corrected chi connectivity index (χ2v) is 3.51. The van der Waals surface area contributed by atoms with Crippen molar-refractivity contribution in [2.45, 2.75) is 32.8 Å². The van der Waals surface area contributed by atoms with Crippen molar-refractivity contribution in [1.82, 2.24) is 0 Å². The minimum Gasteiger partial charge on any atom is -0.550 e. The average molecular weight is 171 g/mol.